The fourth-order valence-corrected chi connectivity index (χ4v) is 5.40. The first-order valence-corrected chi connectivity index (χ1v) is 11.8. The zero-order chi connectivity index (χ0) is 19.5. The predicted molar refractivity (Wildman–Crippen MR) is 115 cm³/mol. The minimum atomic E-state index is 0.146. The van der Waals surface area contributed by atoms with Crippen LogP contribution in [-0.4, -0.2) is 31.3 Å². The maximum absolute atomic E-state index is 12.8. The van der Waals surface area contributed by atoms with Gasteiger partial charge in [0.05, 0.1) is 5.75 Å². The smallest absolute Gasteiger partial charge is 0.208 e. The van der Waals surface area contributed by atoms with Gasteiger partial charge in [-0.1, -0.05) is 30.7 Å². The molecule has 0 spiro atoms. The highest BCUT2D eigenvalue weighted by molar-refractivity contribution is 7.99. The Labute approximate surface area is 174 Å². The normalized spacial score (nSPS) is 14.8. The lowest BCUT2D eigenvalue weighted by Crippen LogP contribution is -2.08. The summed E-state index contributed by atoms with van der Waals surface area (Å²) >= 11 is 3.21. The van der Waals surface area contributed by atoms with Gasteiger partial charge in [0.25, 0.3) is 0 Å². The number of Topliss-reactive ketones (excluding diaryl/α,β-unsaturated/α-hetero) is 1. The van der Waals surface area contributed by atoms with Crippen molar-refractivity contribution in [2.45, 2.75) is 63.6 Å². The van der Waals surface area contributed by atoms with Crippen LogP contribution in [0.4, 0.5) is 0 Å². The van der Waals surface area contributed by atoms with E-state index in [2.05, 4.69) is 44.2 Å². The lowest BCUT2D eigenvalue weighted by atomic mass is 10.1. The number of aryl methyl sites for hydroxylation is 2. The molecule has 1 N–H and O–H groups in total. The Hall–Kier alpha value is -1.86. The van der Waals surface area contributed by atoms with Gasteiger partial charge in [0.15, 0.2) is 5.78 Å². The van der Waals surface area contributed by atoms with Crippen LogP contribution in [0.25, 0.3) is 0 Å². The minimum Gasteiger partial charge on any atom is -0.348 e. The summed E-state index contributed by atoms with van der Waals surface area (Å²) < 4.78 is 2.25. The molecule has 0 amide bonds. The van der Waals surface area contributed by atoms with Gasteiger partial charge in [-0.05, 0) is 50.6 Å². The summed E-state index contributed by atoms with van der Waals surface area (Å²) in [7, 11) is 0. The monoisotopic (exact) mass is 414 g/mol. The molecule has 0 unspecified atom stereocenters. The molecule has 28 heavy (non-hydrogen) atoms. The number of nitrogens with one attached hydrogen (secondary N) is 1. The largest absolute Gasteiger partial charge is 0.348 e. The van der Waals surface area contributed by atoms with Crippen LogP contribution in [0.5, 0.6) is 0 Å². The number of ketones is 1. The number of hydrogen-bond donors (Lipinski definition) is 1. The molecule has 7 heteroatoms. The molecule has 1 aliphatic rings. The highest BCUT2D eigenvalue weighted by atomic mass is 32.2. The van der Waals surface area contributed by atoms with Crippen molar-refractivity contribution in [1.29, 1.82) is 0 Å². The van der Waals surface area contributed by atoms with Crippen molar-refractivity contribution >= 4 is 28.9 Å². The minimum absolute atomic E-state index is 0.146. The van der Waals surface area contributed by atoms with Gasteiger partial charge < -0.3 is 4.57 Å². The molecule has 0 aromatic carbocycles. The summed E-state index contributed by atoms with van der Waals surface area (Å²) in [5.74, 6) is 2.02. The highest BCUT2D eigenvalue weighted by Crippen LogP contribution is 2.32. The average Bonchev–Trinajstić information content (AvgIpc) is 3.47. The van der Waals surface area contributed by atoms with E-state index in [-0.39, 0.29) is 5.78 Å². The molecule has 4 rings (SSSR count). The molecule has 0 saturated heterocycles. The Morgan fingerprint density at radius 2 is 2.18 bits per heavy atom. The van der Waals surface area contributed by atoms with E-state index in [1.807, 2.05) is 13.0 Å². The Morgan fingerprint density at radius 1 is 1.36 bits per heavy atom. The van der Waals surface area contributed by atoms with Gasteiger partial charge >= 0.3 is 0 Å². The van der Waals surface area contributed by atoms with E-state index in [0.717, 1.165) is 35.7 Å². The molecule has 3 aromatic heterocycles. The summed E-state index contributed by atoms with van der Waals surface area (Å²) in [6.07, 6.45) is 5.92. The van der Waals surface area contributed by atoms with Crippen LogP contribution in [0.1, 0.15) is 64.0 Å². The number of nitrogens with zero attached hydrogens (tertiary/aromatic N) is 3. The van der Waals surface area contributed by atoms with Crippen molar-refractivity contribution in [1.82, 2.24) is 19.7 Å². The molecule has 0 atom stereocenters. The van der Waals surface area contributed by atoms with Gasteiger partial charge in [-0.2, -0.15) is 0 Å². The summed E-state index contributed by atoms with van der Waals surface area (Å²) in [4.78, 5) is 18.8. The highest BCUT2D eigenvalue weighted by Gasteiger charge is 2.21. The summed E-state index contributed by atoms with van der Waals surface area (Å²) in [6, 6.07) is 6.27. The number of carbonyl (C=O) groups is 1. The molecule has 1 aliphatic carbocycles. The Balaban J connectivity index is 1.37. The summed E-state index contributed by atoms with van der Waals surface area (Å²) in [5.41, 5.74) is 3.02. The predicted octanol–water partition coefficient (Wildman–Crippen LogP) is 5.16. The fourth-order valence-electron chi connectivity index (χ4n) is 4.02. The second-order valence-electron chi connectivity index (χ2n) is 7.46. The number of hydrogen-bond acceptors (Lipinski definition) is 5. The standard InChI is InChI=1S/C21H26N4OS2/c1-14-12-18(15(2)25(14)10-9-17-8-5-11-27-17)19(26)13-28-21-22-20(23-24-21)16-6-3-4-7-16/h5,8,11-12,16H,3-4,6-7,9-10,13H2,1-2H3,(H,22,23,24). The topological polar surface area (TPSA) is 63.6 Å². The van der Waals surface area contributed by atoms with E-state index in [0.29, 0.717) is 16.8 Å². The molecule has 5 nitrogen and oxygen atoms in total. The zero-order valence-corrected chi connectivity index (χ0v) is 18.0. The Bertz CT molecular complexity index is 936. The third kappa shape index (κ3) is 4.25. The van der Waals surface area contributed by atoms with Crippen molar-refractivity contribution in [2.75, 3.05) is 5.75 Å². The van der Waals surface area contributed by atoms with Crippen molar-refractivity contribution < 1.29 is 4.79 Å². The first kappa shape index (κ1) is 19.5. The maximum atomic E-state index is 12.8. The van der Waals surface area contributed by atoms with Crippen LogP contribution in [-0.2, 0) is 13.0 Å². The van der Waals surface area contributed by atoms with Gasteiger partial charge in [-0.3, -0.25) is 9.89 Å². The summed E-state index contributed by atoms with van der Waals surface area (Å²) in [5, 5.41) is 10.2. The van der Waals surface area contributed by atoms with Gasteiger partial charge in [0, 0.05) is 34.3 Å². The molecule has 3 heterocycles. The number of carbonyl (C=O) groups excluding carboxylic acids is 1. The summed E-state index contributed by atoms with van der Waals surface area (Å²) in [6.45, 7) is 5.03. The van der Waals surface area contributed by atoms with Crippen molar-refractivity contribution in [2.24, 2.45) is 0 Å². The number of rotatable bonds is 8. The van der Waals surface area contributed by atoms with E-state index < -0.39 is 0 Å². The maximum Gasteiger partial charge on any atom is 0.208 e. The number of thioether (sulfide) groups is 1. The lowest BCUT2D eigenvalue weighted by molar-refractivity contribution is 0.102. The number of aromatic nitrogens is 4. The van der Waals surface area contributed by atoms with E-state index in [4.69, 9.17) is 0 Å². The van der Waals surface area contributed by atoms with Crippen LogP contribution < -0.4 is 0 Å². The Morgan fingerprint density at radius 3 is 2.93 bits per heavy atom. The third-order valence-corrected chi connectivity index (χ3v) is 7.38. The average molecular weight is 415 g/mol. The SMILES string of the molecule is Cc1cc(C(=O)CSc2n[nH]c(C3CCCC3)n2)c(C)n1CCc1cccs1. The number of aromatic amines is 1. The van der Waals surface area contributed by atoms with Crippen LogP contribution in [0.15, 0.2) is 28.7 Å². The van der Waals surface area contributed by atoms with Gasteiger partial charge in [-0.25, -0.2) is 4.98 Å². The van der Waals surface area contributed by atoms with E-state index in [1.54, 1.807) is 11.3 Å². The molecule has 0 bridgehead atoms. The van der Waals surface area contributed by atoms with Crippen molar-refractivity contribution in [3.63, 3.8) is 0 Å². The molecular weight excluding hydrogens is 388 g/mol. The molecule has 0 aliphatic heterocycles. The number of thiophene rings is 1. The van der Waals surface area contributed by atoms with E-state index in [1.165, 1.54) is 42.3 Å². The molecular formula is C21H26N4OS2. The van der Waals surface area contributed by atoms with Crippen molar-refractivity contribution in [3.8, 4) is 0 Å². The van der Waals surface area contributed by atoms with Crippen LogP contribution in [0, 0.1) is 13.8 Å². The van der Waals surface area contributed by atoms with Crippen LogP contribution in [0.3, 0.4) is 0 Å². The first-order chi connectivity index (χ1) is 13.6. The molecule has 1 fully saturated rings. The van der Waals surface area contributed by atoms with Gasteiger partial charge in [-0.15, -0.1) is 16.4 Å². The number of H-pyrrole nitrogens is 1. The molecule has 3 aromatic rings. The Kier molecular flexibility index (Phi) is 6.01. The van der Waals surface area contributed by atoms with Crippen molar-refractivity contribution in [3.05, 3.63) is 51.2 Å². The van der Waals surface area contributed by atoms with E-state index >= 15 is 0 Å². The second-order valence-corrected chi connectivity index (χ2v) is 9.44. The zero-order valence-electron chi connectivity index (χ0n) is 16.4. The van der Waals surface area contributed by atoms with Gasteiger partial charge in [0.1, 0.15) is 5.82 Å². The molecule has 0 radical (unpaired) electrons. The first-order valence-electron chi connectivity index (χ1n) is 9.89. The molecule has 148 valence electrons. The van der Waals surface area contributed by atoms with Gasteiger partial charge in [0.2, 0.25) is 5.16 Å². The fraction of sp³-hybridized carbons (Fsp3) is 0.476. The molecule has 1 saturated carbocycles. The second kappa shape index (κ2) is 8.66. The van der Waals surface area contributed by atoms with Crippen LogP contribution >= 0.6 is 23.1 Å². The quantitative estimate of drug-likeness (QED) is 0.408. The third-order valence-electron chi connectivity index (χ3n) is 5.59. The van der Waals surface area contributed by atoms with Crippen LogP contribution in [0.2, 0.25) is 0 Å². The van der Waals surface area contributed by atoms with E-state index in [9.17, 15) is 4.79 Å². The lowest BCUT2D eigenvalue weighted by Gasteiger charge is -2.09.